The van der Waals surface area contributed by atoms with Gasteiger partial charge in [0.05, 0.1) is 0 Å². The zero-order valence-electron chi connectivity index (χ0n) is 11.8. The van der Waals surface area contributed by atoms with Crippen LogP contribution in [-0.4, -0.2) is 48.2 Å². The van der Waals surface area contributed by atoms with E-state index in [1.165, 1.54) is 0 Å². The van der Waals surface area contributed by atoms with Gasteiger partial charge in [0, 0.05) is 36.9 Å². The molecule has 2 rings (SSSR count). The van der Waals surface area contributed by atoms with Gasteiger partial charge in [0.1, 0.15) is 6.04 Å². The molecule has 1 heterocycles. The SMILES string of the molecule is CCCC(C(=O)O)N1CCN(c2ccc(Cl)cc2)CC1. The van der Waals surface area contributed by atoms with E-state index in [-0.39, 0.29) is 6.04 Å². The van der Waals surface area contributed by atoms with Crippen LogP contribution >= 0.6 is 11.6 Å². The summed E-state index contributed by atoms with van der Waals surface area (Å²) < 4.78 is 0. The highest BCUT2D eigenvalue weighted by Gasteiger charge is 2.28. The topological polar surface area (TPSA) is 43.8 Å². The molecule has 1 aromatic rings. The summed E-state index contributed by atoms with van der Waals surface area (Å²) in [7, 11) is 0. The molecule has 1 aromatic carbocycles. The minimum atomic E-state index is -0.702. The Morgan fingerprint density at radius 1 is 1.25 bits per heavy atom. The molecule has 0 saturated carbocycles. The molecule has 20 heavy (non-hydrogen) atoms. The molecular weight excluding hydrogens is 276 g/mol. The Morgan fingerprint density at radius 3 is 2.35 bits per heavy atom. The summed E-state index contributed by atoms with van der Waals surface area (Å²) >= 11 is 5.89. The van der Waals surface area contributed by atoms with Crippen LogP contribution in [-0.2, 0) is 4.79 Å². The number of hydrogen-bond donors (Lipinski definition) is 1. The standard InChI is InChI=1S/C15H21ClN2O2/c1-2-3-14(15(19)20)18-10-8-17(9-11-18)13-6-4-12(16)5-7-13/h4-7,14H,2-3,8-11H2,1H3,(H,19,20). The molecular formula is C15H21ClN2O2. The Bertz CT molecular complexity index is 442. The van der Waals surface area contributed by atoms with Crippen molar-refractivity contribution in [3.63, 3.8) is 0 Å². The van der Waals surface area contributed by atoms with Crippen molar-refractivity contribution in [1.82, 2.24) is 4.90 Å². The number of anilines is 1. The van der Waals surface area contributed by atoms with E-state index in [1.54, 1.807) is 0 Å². The number of aliphatic carboxylic acids is 1. The molecule has 1 aliphatic rings. The van der Waals surface area contributed by atoms with Gasteiger partial charge in [-0.05, 0) is 30.7 Å². The number of piperazine rings is 1. The zero-order chi connectivity index (χ0) is 14.5. The summed E-state index contributed by atoms with van der Waals surface area (Å²) in [5, 5.41) is 10.0. The molecule has 1 saturated heterocycles. The monoisotopic (exact) mass is 296 g/mol. The quantitative estimate of drug-likeness (QED) is 0.907. The Balaban J connectivity index is 1.94. The first-order valence-corrected chi connectivity index (χ1v) is 7.47. The van der Waals surface area contributed by atoms with Gasteiger partial charge in [-0.25, -0.2) is 0 Å². The van der Waals surface area contributed by atoms with Crippen molar-refractivity contribution in [2.45, 2.75) is 25.8 Å². The molecule has 5 heteroatoms. The van der Waals surface area contributed by atoms with Gasteiger partial charge in [-0.1, -0.05) is 24.9 Å². The third-order valence-corrected chi connectivity index (χ3v) is 4.05. The van der Waals surface area contributed by atoms with Gasteiger partial charge in [-0.15, -0.1) is 0 Å². The van der Waals surface area contributed by atoms with Crippen molar-refractivity contribution in [1.29, 1.82) is 0 Å². The Morgan fingerprint density at radius 2 is 1.85 bits per heavy atom. The summed E-state index contributed by atoms with van der Waals surface area (Å²) in [6.07, 6.45) is 1.62. The Hall–Kier alpha value is -1.26. The van der Waals surface area contributed by atoms with E-state index in [0.29, 0.717) is 0 Å². The van der Waals surface area contributed by atoms with Crippen molar-refractivity contribution >= 4 is 23.3 Å². The third-order valence-electron chi connectivity index (χ3n) is 3.79. The second-order valence-corrected chi connectivity index (χ2v) is 5.58. The summed E-state index contributed by atoms with van der Waals surface area (Å²) in [5.74, 6) is -0.702. The molecule has 4 nitrogen and oxygen atoms in total. The van der Waals surface area contributed by atoms with E-state index < -0.39 is 5.97 Å². The van der Waals surface area contributed by atoms with Gasteiger partial charge < -0.3 is 10.0 Å². The second-order valence-electron chi connectivity index (χ2n) is 5.14. The van der Waals surface area contributed by atoms with E-state index >= 15 is 0 Å². The normalized spacial score (nSPS) is 18.0. The first-order chi connectivity index (χ1) is 9.61. The fourth-order valence-corrected chi connectivity index (χ4v) is 2.81. The lowest BCUT2D eigenvalue weighted by Gasteiger charge is -2.38. The van der Waals surface area contributed by atoms with E-state index in [9.17, 15) is 9.90 Å². The van der Waals surface area contributed by atoms with Crippen LogP contribution in [0.15, 0.2) is 24.3 Å². The number of benzene rings is 1. The van der Waals surface area contributed by atoms with Crippen LogP contribution in [0.2, 0.25) is 5.02 Å². The van der Waals surface area contributed by atoms with Crippen molar-refractivity contribution in [3.05, 3.63) is 29.3 Å². The van der Waals surface area contributed by atoms with Crippen LogP contribution in [0.25, 0.3) is 0 Å². The molecule has 110 valence electrons. The first kappa shape index (κ1) is 15.1. The van der Waals surface area contributed by atoms with Crippen molar-refractivity contribution in [3.8, 4) is 0 Å². The molecule has 0 radical (unpaired) electrons. The predicted octanol–water partition coefficient (Wildman–Crippen LogP) is 2.72. The van der Waals surface area contributed by atoms with Gasteiger partial charge >= 0.3 is 5.97 Å². The fourth-order valence-electron chi connectivity index (χ4n) is 2.68. The average Bonchev–Trinajstić information content (AvgIpc) is 2.45. The minimum absolute atomic E-state index is 0.340. The Kier molecular flexibility index (Phi) is 5.26. The van der Waals surface area contributed by atoms with Gasteiger partial charge in [-0.2, -0.15) is 0 Å². The summed E-state index contributed by atoms with van der Waals surface area (Å²) in [6.45, 7) is 5.32. The van der Waals surface area contributed by atoms with Gasteiger partial charge in [0.2, 0.25) is 0 Å². The molecule has 0 spiro atoms. The molecule has 1 N–H and O–H groups in total. The molecule has 0 aliphatic carbocycles. The number of carboxylic acid groups (broad SMARTS) is 1. The van der Waals surface area contributed by atoms with Crippen molar-refractivity contribution < 1.29 is 9.90 Å². The van der Waals surface area contributed by atoms with Crippen LogP contribution in [0.4, 0.5) is 5.69 Å². The molecule has 1 aliphatic heterocycles. The average molecular weight is 297 g/mol. The van der Waals surface area contributed by atoms with E-state index in [1.807, 2.05) is 31.2 Å². The Labute approximate surface area is 124 Å². The number of hydrogen-bond acceptors (Lipinski definition) is 3. The maximum atomic E-state index is 11.3. The van der Waals surface area contributed by atoms with E-state index in [0.717, 1.165) is 49.7 Å². The van der Waals surface area contributed by atoms with Crippen LogP contribution in [0, 0.1) is 0 Å². The predicted molar refractivity (Wildman–Crippen MR) is 81.6 cm³/mol. The maximum absolute atomic E-state index is 11.3. The molecule has 1 fully saturated rings. The maximum Gasteiger partial charge on any atom is 0.320 e. The van der Waals surface area contributed by atoms with Gasteiger partial charge in [0.15, 0.2) is 0 Å². The summed E-state index contributed by atoms with van der Waals surface area (Å²) in [5.41, 5.74) is 1.15. The van der Waals surface area contributed by atoms with Crippen molar-refractivity contribution in [2.75, 3.05) is 31.1 Å². The minimum Gasteiger partial charge on any atom is -0.480 e. The van der Waals surface area contributed by atoms with Crippen LogP contribution < -0.4 is 4.90 Å². The van der Waals surface area contributed by atoms with E-state index in [2.05, 4.69) is 9.80 Å². The zero-order valence-corrected chi connectivity index (χ0v) is 12.5. The molecule has 0 amide bonds. The number of nitrogens with zero attached hydrogens (tertiary/aromatic N) is 2. The summed E-state index contributed by atoms with van der Waals surface area (Å²) in [6, 6.07) is 7.46. The smallest absolute Gasteiger partial charge is 0.320 e. The summed E-state index contributed by atoms with van der Waals surface area (Å²) in [4.78, 5) is 15.7. The first-order valence-electron chi connectivity index (χ1n) is 7.09. The number of carboxylic acids is 1. The van der Waals surface area contributed by atoms with Crippen LogP contribution in [0.5, 0.6) is 0 Å². The highest BCUT2D eigenvalue weighted by Crippen LogP contribution is 2.20. The largest absolute Gasteiger partial charge is 0.480 e. The number of halogens is 1. The van der Waals surface area contributed by atoms with Gasteiger partial charge in [-0.3, -0.25) is 9.69 Å². The lowest BCUT2D eigenvalue weighted by Crippen LogP contribution is -2.52. The fraction of sp³-hybridized carbons (Fsp3) is 0.533. The lowest BCUT2D eigenvalue weighted by molar-refractivity contribution is -0.143. The number of carbonyl (C=O) groups is 1. The molecule has 1 unspecified atom stereocenters. The molecule has 0 aromatic heterocycles. The van der Waals surface area contributed by atoms with Crippen LogP contribution in [0.3, 0.4) is 0 Å². The van der Waals surface area contributed by atoms with Gasteiger partial charge in [0.25, 0.3) is 0 Å². The highest BCUT2D eigenvalue weighted by atomic mass is 35.5. The van der Waals surface area contributed by atoms with Crippen molar-refractivity contribution in [2.24, 2.45) is 0 Å². The van der Waals surface area contributed by atoms with Crippen LogP contribution in [0.1, 0.15) is 19.8 Å². The molecule has 0 bridgehead atoms. The second kappa shape index (κ2) is 6.95. The molecule has 1 atom stereocenters. The number of rotatable bonds is 5. The lowest BCUT2D eigenvalue weighted by atomic mass is 10.1. The van der Waals surface area contributed by atoms with E-state index in [4.69, 9.17) is 11.6 Å². The highest BCUT2D eigenvalue weighted by molar-refractivity contribution is 6.30. The third kappa shape index (κ3) is 3.64.